The van der Waals surface area contributed by atoms with Gasteiger partial charge in [-0.25, -0.2) is 4.99 Å². The second kappa shape index (κ2) is 10.2. The molecule has 1 aliphatic carbocycles. The van der Waals surface area contributed by atoms with Crippen LogP contribution in [0.25, 0.3) is 0 Å². The average molecular weight is 493 g/mol. The van der Waals surface area contributed by atoms with E-state index in [4.69, 9.17) is 26.1 Å². The molecule has 0 saturated carbocycles. The second-order valence-electron chi connectivity index (χ2n) is 9.69. The first-order valence-electron chi connectivity index (χ1n) is 11.4. The minimum atomic E-state index is 0.270. The van der Waals surface area contributed by atoms with Gasteiger partial charge in [-0.3, -0.25) is 0 Å². The Hall–Kier alpha value is -2.81. The topological polar surface area (TPSA) is 54.6 Å². The van der Waals surface area contributed by atoms with E-state index in [1.54, 1.807) is 24.7 Å². The lowest BCUT2D eigenvalue weighted by molar-refractivity contribution is 0.218. The normalized spacial score (nSPS) is 15.7. The van der Waals surface area contributed by atoms with Gasteiger partial charge in [-0.1, -0.05) is 44.5 Å². The van der Waals surface area contributed by atoms with Crippen molar-refractivity contribution in [2.45, 2.75) is 46.6 Å². The number of methoxy groups -OCH3 is 1. The van der Waals surface area contributed by atoms with E-state index in [1.165, 1.54) is 10.4 Å². The number of hydrogen-bond acceptors (Lipinski definition) is 5. The minimum Gasteiger partial charge on any atom is -0.493 e. The second-order valence-corrected chi connectivity index (χ2v) is 11.2. The molecule has 0 radical (unpaired) electrons. The molecular weight excluding hydrogens is 464 g/mol. The van der Waals surface area contributed by atoms with Crippen LogP contribution in [-0.4, -0.2) is 13.3 Å². The Morgan fingerprint density at radius 2 is 1.94 bits per heavy atom. The molecule has 1 aliphatic rings. The number of rotatable bonds is 6. The van der Waals surface area contributed by atoms with E-state index in [-0.39, 0.29) is 5.41 Å². The van der Waals surface area contributed by atoms with Crippen LogP contribution in [0, 0.1) is 22.7 Å². The van der Waals surface area contributed by atoms with Crippen LogP contribution in [0.15, 0.2) is 47.5 Å². The number of nitrogens with zero attached hydrogens (tertiary/aromatic N) is 2. The van der Waals surface area contributed by atoms with Gasteiger partial charge in [-0.2, -0.15) is 5.26 Å². The van der Waals surface area contributed by atoms with Crippen LogP contribution in [-0.2, 0) is 19.4 Å². The quantitative estimate of drug-likeness (QED) is 0.330. The zero-order chi connectivity index (χ0) is 24.3. The molecule has 1 heterocycles. The van der Waals surface area contributed by atoms with Gasteiger partial charge < -0.3 is 9.47 Å². The third kappa shape index (κ3) is 5.46. The highest BCUT2D eigenvalue weighted by molar-refractivity contribution is 7.16. The number of thiophene rings is 1. The van der Waals surface area contributed by atoms with E-state index < -0.39 is 0 Å². The van der Waals surface area contributed by atoms with E-state index in [9.17, 15) is 5.26 Å². The molecule has 176 valence electrons. The van der Waals surface area contributed by atoms with Crippen molar-refractivity contribution in [1.82, 2.24) is 0 Å². The summed E-state index contributed by atoms with van der Waals surface area (Å²) in [7, 11) is 1.62. The Bertz CT molecular complexity index is 1230. The van der Waals surface area contributed by atoms with Crippen molar-refractivity contribution in [3.8, 4) is 17.6 Å². The minimum absolute atomic E-state index is 0.270. The van der Waals surface area contributed by atoms with E-state index >= 15 is 0 Å². The molecule has 0 fully saturated rings. The molecule has 6 heteroatoms. The predicted molar refractivity (Wildman–Crippen MR) is 140 cm³/mol. The van der Waals surface area contributed by atoms with Gasteiger partial charge in [0.15, 0.2) is 11.5 Å². The molecule has 4 nitrogen and oxygen atoms in total. The van der Waals surface area contributed by atoms with E-state index in [1.807, 2.05) is 42.5 Å². The van der Waals surface area contributed by atoms with Gasteiger partial charge in [-0.15, -0.1) is 11.3 Å². The van der Waals surface area contributed by atoms with Crippen LogP contribution in [0.4, 0.5) is 5.00 Å². The van der Waals surface area contributed by atoms with E-state index in [0.717, 1.165) is 41.0 Å². The summed E-state index contributed by atoms with van der Waals surface area (Å²) in [6, 6.07) is 15.7. The summed E-state index contributed by atoms with van der Waals surface area (Å²) in [5.41, 5.74) is 4.11. The first-order valence-corrected chi connectivity index (χ1v) is 12.6. The van der Waals surface area contributed by atoms with Crippen LogP contribution >= 0.6 is 22.9 Å². The predicted octanol–water partition coefficient (Wildman–Crippen LogP) is 7.76. The zero-order valence-corrected chi connectivity index (χ0v) is 21.6. The van der Waals surface area contributed by atoms with Crippen molar-refractivity contribution >= 4 is 34.2 Å². The smallest absolute Gasteiger partial charge is 0.161 e. The number of benzene rings is 2. The van der Waals surface area contributed by atoms with E-state index in [0.29, 0.717) is 29.0 Å². The zero-order valence-electron chi connectivity index (χ0n) is 20.0. The highest BCUT2D eigenvalue weighted by Gasteiger charge is 2.32. The Morgan fingerprint density at radius 1 is 1.18 bits per heavy atom. The molecule has 4 rings (SSSR count). The lowest BCUT2D eigenvalue weighted by atomic mass is 9.72. The van der Waals surface area contributed by atoms with Gasteiger partial charge in [0.1, 0.15) is 17.7 Å². The number of aliphatic imine (C=N–C) groups is 1. The molecule has 0 bridgehead atoms. The molecule has 2 aromatic carbocycles. The fourth-order valence-electron chi connectivity index (χ4n) is 4.28. The first kappa shape index (κ1) is 24.3. The van der Waals surface area contributed by atoms with Gasteiger partial charge in [0.25, 0.3) is 0 Å². The summed E-state index contributed by atoms with van der Waals surface area (Å²) in [4.78, 5) is 6.03. The maximum absolute atomic E-state index is 9.81. The van der Waals surface area contributed by atoms with Crippen molar-refractivity contribution in [3.63, 3.8) is 0 Å². The van der Waals surface area contributed by atoms with Crippen molar-refractivity contribution in [3.05, 3.63) is 74.6 Å². The molecule has 1 atom stereocenters. The van der Waals surface area contributed by atoms with Gasteiger partial charge in [-0.05, 0) is 77.6 Å². The van der Waals surface area contributed by atoms with Crippen molar-refractivity contribution in [2.75, 3.05) is 7.11 Å². The highest BCUT2D eigenvalue weighted by atomic mass is 35.5. The Labute approximate surface area is 210 Å². The third-order valence-electron chi connectivity index (χ3n) is 6.41. The standard InChI is InChI=1S/C28H29ClN2O2S/c1-28(2,3)20-8-11-22-23(15-30)27(34-26(22)14-20)31-16-19-7-12-24(25(13-19)32-4)33-17-18-5-9-21(29)10-6-18/h5-7,9-10,12-13,16,20H,8,11,14,17H2,1-4H3/t20-/m1/s1. The number of hydrogen-bond donors (Lipinski definition) is 0. The molecule has 0 amide bonds. The SMILES string of the molecule is COc1cc(C=Nc2sc3c(c2C#N)CC[C@@H](C(C)(C)C)C3)ccc1OCc1ccc(Cl)cc1. The first-order chi connectivity index (χ1) is 16.3. The van der Waals surface area contributed by atoms with Crippen LogP contribution in [0.5, 0.6) is 11.5 Å². The molecule has 0 N–H and O–H groups in total. The average Bonchev–Trinajstić information content (AvgIpc) is 3.18. The number of ether oxygens (including phenoxy) is 2. The molecule has 0 aliphatic heterocycles. The van der Waals surface area contributed by atoms with Crippen molar-refractivity contribution < 1.29 is 9.47 Å². The van der Waals surface area contributed by atoms with Crippen molar-refractivity contribution in [1.29, 1.82) is 5.26 Å². The summed E-state index contributed by atoms with van der Waals surface area (Å²) < 4.78 is 11.5. The maximum atomic E-state index is 9.81. The summed E-state index contributed by atoms with van der Waals surface area (Å²) in [6.07, 6.45) is 4.91. The monoisotopic (exact) mass is 492 g/mol. The fraction of sp³-hybridized carbons (Fsp3) is 0.357. The van der Waals surface area contributed by atoms with Gasteiger partial charge in [0.2, 0.25) is 0 Å². The number of fused-ring (bicyclic) bond motifs is 1. The van der Waals surface area contributed by atoms with Crippen LogP contribution in [0.1, 0.15) is 54.3 Å². The maximum Gasteiger partial charge on any atom is 0.161 e. The van der Waals surface area contributed by atoms with Gasteiger partial charge in [0.05, 0.1) is 12.7 Å². The Balaban J connectivity index is 1.51. The summed E-state index contributed by atoms with van der Waals surface area (Å²) in [5.74, 6) is 1.93. The van der Waals surface area contributed by atoms with Crippen molar-refractivity contribution in [2.24, 2.45) is 16.3 Å². The molecular formula is C28H29ClN2O2S. The summed E-state index contributed by atoms with van der Waals surface area (Å²) in [6.45, 7) is 7.33. The lowest BCUT2D eigenvalue weighted by Crippen LogP contribution is -2.26. The molecule has 1 aromatic heterocycles. The van der Waals surface area contributed by atoms with Crippen LogP contribution in [0.2, 0.25) is 5.02 Å². The molecule has 0 spiro atoms. The molecule has 3 aromatic rings. The van der Waals surface area contributed by atoms with Crippen LogP contribution in [0.3, 0.4) is 0 Å². The largest absolute Gasteiger partial charge is 0.493 e. The lowest BCUT2D eigenvalue weighted by Gasteiger charge is -2.33. The summed E-state index contributed by atoms with van der Waals surface area (Å²) >= 11 is 7.61. The molecule has 0 unspecified atom stereocenters. The fourth-order valence-corrected chi connectivity index (χ4v) is 5.62. The highest BCUT2D eigenvalue weighted by Crippen LogP contribution is 2.45. The summed E-state index contributed by atoms with van der Waals surface area (Å²) in [5, 5.41) is 11.3. The Morgan fingerprint density at radius 3 is 2.62 bits per heavy atom. The van der Waals surface area contributed by atoms with Gasteiger partial charge in [0, 0.05) is 16.1 Å². The van der Waals surface area contributed by atoms with Crippen LogP contribution < -0.4 is 9.47 Å². The number of nitriles is 1. The molecule has 0 saturated heterocycles. The third-order valence-corrected chi connectivity index (χ3v) is 7.82. The van der Waals surface area contributed by atoms with Gasteiger partial charge >= 0.3 is 0 Å². The Kier molecular flexibility index (Phi) is 7.30. The van der Waals surface area contributed by atoms with E-state index in [2.05, 4.69) is 26.8 Å². The molecule has 34 heavy (non-hydrogen) atoms. The number of halogens is 1.